The van der Waals surface area contributed by atoms with E-state index in [-0.39, 0.29) is 17.8 Å². The van der Waals surface area contributed by atoms with Crippen molar-refractivity contribution in [3.63, 3.8) is 0 Å². The van der Waals surface area contributed by atoms with Crippen LogP contribution >= 0.6 is 0 Å². The van der Waals surface area contributed by atoms with Gasteiger partial charge in [-0.25, -0.2) is 4.39 Å². The summed E-state index contributed by atoms with van der Waals surface area (Å²) in [6.45, 7) is 7.54. The Morgan fingerprint density at radius 1 is 1.03 bits per heavy atom. The number of anilines is 3. The third-order valence-corrected chi connectivity index (χ3v) is 7.86. The van der Waals surface area contributed by atoms with Gasteiger partial charge in [-0.05, 0) is 49.2 Å². The number of halogens is 1. The maximum atomic E-state index is 13.9. The van der Waals surface area contributed by atoms with Gasteiger partial charge in [0.15, 0.2) is 5.82 Å². The number of phenolic OH excluding ortho intramolecular Hbond substituents is 1. The second-order valence-corrected chi connectivity index (χ2v) is 10.3. The Morgan fingerprint density at radius 2 is 1.82 bits per heavy atom. The molecule has 4 heterocycles. The lowest BCUT2D eigenvalue weighted by Gasteiger charge is -2.43. The maximum absolute atomic E-state index is 13.9. The van der Waals surface area contributed by atoms with E-state index in [4.69, 9.17) is 10.5 Å². The quantitative estimate of drug-likeness (QED) is 0.435. The van der Waals surface area contributed by atoms with Gasteiger partial charge in [0.1, 0.15) is 23.9 Å². The first-order valence-corrected chi connectivity index (χ1v) is 13.4. The summed E-state index contributed by atoms with van der Waals surface area (Å²) in [6, 6.07) is 14.5. The smallest absolute Gasteiger partial charge is 0.169 e. The molecule has 3 aliphatic heterocycles. The molecule has 4 N–H and O–H groups in total. The molecule has 2 unspecified atom stereocenters. The zero-order valence-electron chi connectivity index (χ0n) is 21.4. The molecule has 9 nitrogen and oxygen atoms in total. The van der Waals surface area contributed by atoms with E-state index >= 15 is 0 Å². The number of rotatable bonds is 7. The van der Waals surface area contributed by atoms with E-state index < -0.39 is 5.82 Å². The Labute approximate surface area is 222 Å². The van der Waals surface area contributed by atoms with Crippen LogP contribution in [0, 0.1) is 5.82 Å². The second-order valence-electron chi connectivity index (χ2n) is 10.3. The van der Waals surface area contributed by atoms with Crippen molar-refractivity contribution in [1.29, 1.82) is 0 Å². The minimum atomic E-state index is -0.443. The lowest BCUT2D eigenvalue weighted by atomic mass is 10.1. The van der Waals surface area contributed by atoms with Crippen LogP contribution in [0.1, 0.15) is 12.8 Å². The number of aromatic nitrogens is 2. The molecule has 200 valence electrons. The summed E-state index contributed by atoms with van der Waals surface area (Å²) in [5.74, 6) is 0.755. The lowest BCUT2D eigenvalue weighted by Crippen LogP contribution is -2.54. The van der Waals surface area contributed by atoms with E-state index in [9.17, 15) is 9.50 Å². The number of nitrogens with zero attached hydrogens (tertiary/aromatic N) is 5. The van der Waals surface area contributed by atoms with E-state index in [1.807, 2.05) is 12.1 Å². The van der Waals surface area contributed by atoms with Gasteiger partial charge in [-0.1, -0.05) is 6.07 Å². The topological polar surface area (TPSA) is 103 Å². The van der Waals surface area contributed by atoms with E-state index in [2.05, 4.69) is 48.4 Å². The fourth-order valence-electron chi connectivity index (χ4n) is 5.95. The molecule has 3 fully saturated rings. The Balaban J connectivity index is 1.16. The van der Waals surface area contributed by atoms with Crippen molar-refractivity contribution in [2.75, 3.05) is 68.0 Å². The van der Waals surface area contributed by atoms with Gasteiger partial charge >= 0.3 is 0 Å². The normalized spacial score (nSPS) is 21.6. The number of aromatic hydroxyl groups is 1. The number of piperazine rings is 2. The molecule has 0 spiro atoms. The number of ether oxygens (including phenoxy) is 1. The molecule has 10 heteroatoms. The molecular formula is C28H34FN7O2. The molecule has 2 atom stereocenters. The van der Waals surface area contributed by atoms with Crippen LogP contribution in [0.5, 0.6) is 11.5 Å². The van der Waals surface area contributed by atoms with Crippen molar-refractivity contribution in [3.8, 4) is 22.8 Å². The number of benzene rings is 2. The summed E-state index contributed by atoms with van der Waals surface area (Å²) in [6.07, 6.45) is 2.09. The maximum Gasteiger partial charge on any atom is 0.169 e. The molecule has 3 saturated heterocycles. The van der Waals surface area contributed by atoms with E-state index in [1.54, 1.807) is 0 Å². The predicted octanol–water partition coefficient (Wildman–Crippen LogP) is 2.71. The molecule has 1 aromatic heterocycles. The highest BCUT2D eigenvalue weighted by atomic mass is 19.1. The van der Waals surface area contributed by atoms with Gasteiger partial charge in [0.25, 0.3) is 0 Å². The fraction of sp³-hybridized carbons (Fsp3) is 0.429. The van der Waals surface area contributed by atoms with Crippen LogP contribution in [-0.4, -0.2) is 84.7 Å². The summed E-state index contributed by atoms with van der Waals surface area (Å²) in [5, 5.41) is 22.0. The SMILES string of the molecule is Nc1nnc(-c2cc(F)ccc2O)cc1N1C2CCC1CN(c1cccc(OCCN3CCNCC3)c1)C2. The first-order valence-electron chi connectivity index (χ1n) is 13.4. The van der Waals surface area contributed by atoms with Gasteiger partial charge in [0, 0.05) is 75.2 Å². The minimum absolute atomic E-state index is 0.0424. The molecule has 38 heavy (non-hydrogen) atoms. The number of nitrogens with one attached hydrogen (secondary N) is 1. The zero-order chi connectivity index (χ0) is 26.1. The molecule has 6 rings (SSSR count). The lowest BCUT2D eigenvalue weighted by molar-refractivity contribution is 0.191. The molecule has 3 aromatic rings. The van der Waals surface area contributed by atoms with Crippen LogP contribution < -0.4 is 25.6 Å². The largest absolute Gasteiger partial charge is 0.507 e. The Bertz CT molecular complexity index is 1270. The zero-order valence-corrected chi connectivity index (χ0v) is 21.4. The number of nitrogen functional groups attached to an aromatic ring is 1. The second kappa shape index (κ2) is 10.6. The molecule has 0 amide bonds. The summed E-state index contributed by atoms with van der Waals surface area (Å²) in [5.41, 5.74) is 8.95. The first-order chi connectivity index (χ1) is 18.5. The van der Waals surface area contributed by atoms with Gasteiger partial charge in [-0.3, -0.25) is 4.90 Å². The summed E-state index contributed by atoms with van der Waals surface area (Å²) in [4.78, 5) is 7.19. The Morgan fingerprint density at radius 3 is 2.61 bits per heavy atom. The van der Waals surface area contributed by atoms with Crippen LogP contribution in [0.2, 0.25) is 0 Å². The highest BCUT2D eigenvalue weighted by molar-refractivity contribution is 5.75. The van der Waals surface area contributed by atoms with Gasteiger partial charge in [-0.2, -0.15) is 0 Å². The summed E-state index contributed by atoms with van der Waals surface area (Å²) < 4.78 is 20.0. The van der Waals surface area contributed by atoms with Crippen molar-refractivity contribution in [2.45, 2.75) is 24.9 Å². The highest BCUT2D eigenvalue weighted by Crippen LogP contribution is 2.40. The number of phenols is 1. The molecule has 3 aliphatic rings. The van der Waals surface area contributed by atoms with Gasteiger partial charge in [0.2, 0.25) is 0 Å². The first kappa shape index (κ1) is 24.7. The molecular weight excluding hydrogens is 485 g/mol. The third-order valence-electron chi connectivity index (χ3n) is 7.86. The molecule has 2 bridgehead atoms. The van der Waals surface area contributed by atoms with Crippen LogP contribution in [0.3, 0.4) is 0 Å². The van der Waals surface area contributed by atoms with Crippen LogP contribution in [-0.2, 0) is 0 Å². The fourth-order valence-corrected chi connectivity index (χ4v) is 5.95. The average molecular weight is 520 g/mol. The van der Waals surface area contributed by atoms with Crippen LogP contribution in [0.25, 0.3) is 11.3 Å². The average Bonchev–Trinajstić information content (AvgIpc) is 3.19. The molecule has 0 saturated carbocycles. The van der Waals surface area contributed by atoms with Gasteiger partial charge < -0.3 is 30.7 Å². The molecule has 0 radical (unpaired) electrons. The van der Waals surface area contributed by atoms with Crippen molar-refractivity contribution in [1.82, 2.24) is 20.4 Å². The van der Waals surface area contributed by atoms with Gasteiger partial charge in [0.05, 0.1) is 11.4 Å². The number of fused-ring (bicyclic) bond motifs is 2. The van der Waals surface area contributed by atoms with E-state index in [1.165, 1.54) is 18.2 Å². The van der Waals surface area contributed by atoms with E-state index in [0.717, 1.165) is 75.8 Å². The van der Waals surface area contributed by atoms with Crippen LogP contribution in [0.15, 0.2) is 48.5 Å². The summed E-state index contributed by atoms with van der Waals surface area (Å²) >= 11 is 0. The number of hydrogen-bond acceptors (Lipinski definition) is 9. The number of nitrogens with two attached hydrogens (primary N) is 1. The highest BCUT2D eigenvalue weighted by Gasteiger charge is 2.41. The monoisotopic (exact) mass is 519 g/mol. The van der Waals surface area contributed by atoms with Crippen molar-refractivity contribution < 1.29 is 14.2 Å². The Hall–Kier alpha value is -3.63. The Kier molecular flexibility index (Phi) is 6.90. The predicted molar refractivity (Wildman–Crippen MR) is 146 cm³/mol. The van der Waals surface area contributed by atoms with Gasteiger partial charge in [-0.15, -0.1) is 10.2 Å². The third kappa shape index (κ3) is 5.06. The minimum Gasteiger partial charge on any atom is -0.507 e. The molecule has 2 aromatic carbocycles. The van der Waals surface area contributed by atoms with Crippen molar-refractivity contribution >= 4 is 17.2 Å². The van der Waals surface area contributed by atoms with E-state index in [0.29, 0.717) is 23.7 Å². The molecule has 0 aliphatic carbocycles. The summed E-state index contributed by atoms with van der Waals surface area (Å²) in [7, 11) is 0. The number of hydrogen-bond donors (Lipinski definition) is 3. The van der Waals surface area contributed by atoms with Crippen molar-refractivity contribution in [3.05, 3.63) is 54.3 Å². The van der Waals surface area contributed by atoms with Crippen molar-refractivity contribution in [2.24, 2.45) is 0 Å². The standard InChI is InChI=1S/C28H34FN7O2/c29-19-4-7-27(37)24(14-19)25-16-26(28(30)33-32-25)36-21-5-6-22(36)18-35(17-21)20-2-1-3-23(15-20)38-13-12-34-10-8-31-9-11-34/h1-4,7,14-16,21-22,31,37H,5-6,8-13,17-18H2,(H2,30,33). The van der Waals surface area contributed by atoms with Crippen LogP contribution in [0.4, 0.5) is 21.6 Å².